The smallest absolute Gasteiger partial charge is 0.408 e. The molecule has 13 nitrogen and oxygen atoms in total. The van der Waals surface area contributed by atoms with E-state index in [1.54, 1.807) is 20.8 Å². The van der Waals surface area contributed by atoms with E-state index in [4.69, 9.17) is 9.47 Å². The van der Waals surface area contributed by atoms with Crippen molar-refractivity contribution in [2.75, 3.05) is 6.54 Å². The van der Waals surface area contributed by atoms with Gasteiger partial charge in [0.1, 0.15) is 29.3 Å². The van der Waals surface area contributed by atoms with Gasteiger partial charge in [-0.25, -0.2) is 13.2 Å². The van der Waals surface area contributed by atoms with Crippen molar-refractivity contribution in [3.05, 3.63) is 47.5 Å². The minimum Gasteiger partial charge on any atom is -0.460 e. The summed E-state index contributed by atoms with van der Waals surface area (Å²) in [5.41, 5.74) is -0.327. The number of allylic oxidation sites excluding steroid dienone is 1. The number of hydrogen-bond donors (Lipinski definition) is 3. The molecule has 1 unspecified atom stereocenters. The highest BCUT2D eigenvalue weighted by Gasteiger charge is 2.62. The molecule has 14 heteroatoms. The number of amides is 4. The van der Waals surface area contributed by atoms with Gasteiger partial charge in [0.15, 0.2) is 0 Å². The van der Waals surface area contributed by atoms with E-state index >= 15 is 0 Å². The lowest BCUT2D eigenvalue weighted by atomic mass is 9.68. The molecule has 1 aromatic carbocycles. The molecular formula is C39H54N4O9S. The Morgan fingerprint density at radius 3 is 2.45 bits per heavy atom. The molecule has 0 spiro atoms. The molecule has 53 heavy (non-hydrogen) atoms. The first-order chi connectivity index (χ1) is 24.9. The van der Waals surface area contributed by atoms with Gasteiger partial charge in [-0.05, 0) is 88.7 Å². The lowest BCUT2D eigenvalue weighted by Gasteiger charge is -2.36. The van der Waals surface area contributed by atoms with Crippen molar-refractivity contribution >= 4 is 39.8 Å². The molecule has 4 amide bonds. The zero-order chi connectivity index (χ0) is 38.3. The fraction of sp³-hybridized carbons (Fsp3) is 0.667. The van der Waals surface area contributed by atoms with Gasteiger partial charge in [-0.3, -0.25) is 23.9 Å². The van der Waals surface area contributed by atoms with E-state index in [0.717, 1.165) is 18.4 Å². The monoisotopic (exact) mass is 754 g/mol. The summed E-state index contributed by atoms with van der Waals surface area (Å²) in [7, 11) is -3.90. The molecule has 5 aliphatic rings. The maximum Gasteiger partial charge on any atom is 0.408 e. The van der Waals surface area contributed by atoms with E-state index in [0.29, 0.717) is 44.9 Å². The van der Waals surface area contributed by atoms with Crippen LogP contribution < -0.4 is 15.4 Å². The second-order valence-corrected chi connectivity index (χ2v) is 19.1. The van der Waals surface area contributed by atoms with Gasteiger partial charge in [0.05, 0.1) is 17.7 Å². The zero-order valence-electron chi connectivity index (χ0n) is 31.4. The Morgan fingerprint density at radius 2 is 1.74 bits per heavy atom. The largest absolute Gasteiger partial charge is 0.460 e. The van der Waals surface area contributed by atoms with Crippen molar-refractivity contribution in [2.24, 2.45) is 11.8 Å². The number of nitrogens with one attached hydrogen (secondary N) is 3. The number of fused-ring (bicyclic) bond motifs is 3. The first-order valence-corrected chi connectivity index (χ1v) is 20.6. The SMILES string of the molecule is CC(C)(C)OC(=O)N[C@H]1CCCCCC=C[C@@H]2C[C@@]2(C(=O)NS(=O)(=O)C2CC2)NC(=O)[C@@H]2C[C@@H](OC(=O)C3Cc4ccccc4C(C)(C)C3)CN2C1=O. The Labute approximate surface area is 312 Å². The molecule has 3 fully saturated rings. The van der Waals surface area contributed by atoms with Crippen LogP contribution in [0.2, 0.25) is 0 Å². The molecule has 0 aromatic heterocycles. The summed E-state index contributed by atoms with van der Waals surface area (Å²) < 4.78 is 39.4. The van der Waals surface area contributed by atoms with Gasteiger partial charge in [-0.2, -0.15) is 0 Å². The Bertz CT molecular complexity index is 1770. The summed E-state index contributed by atoms with van der Waals surface area (Å²) in [5, 5.41) is 4.93. The van der Waals surface area contributed by atoms with Crippen molar-refractivity contribution < 1.29 is 41.9 Å². The lowest BCUT2D eigenvalue weighted by molar-refractivity contribution is -0.155. The molecule has 1 saturated heterocycles. The van der Waals surface area contributed by atoms with Crippen LogP contribution in [0.25, 0.3) is 0 Å². The van der Waals surface area contributed by atoms with Crippen molar-refractivity contribution in [2.45, 2.75) is 145 Å². The fourth-order valence-electron chi connectivity index (χ4n) is 8.15. The standard InChI is InChI=1S/C39H54N4O9S/c1-37(2,3)52-36(48)40-30-16-10-8-6-7-9-14-26-22-39(26,35(47)42-53(49,50)28-17-18-28)41-32(44)31-20-27(23-43(31)33(30)45)51-34(46)25-19-24-13-11-12-15-29(24)38(4,5)21-25/h9,11-15,25-28,30-31H,6-8,10,16-23H2,1-5H3,(H,40,48)(H,41,44)(H,42,47)/t25?,26-,27-,30+,31+,39-/m1/s1. The van der Waals surface area contributed by atoms with Gasteiger partial charge in [-0.15, -0.1) is 0 Å². The van der Waals surface area contributed by atoms with E-state index in [1.807, 2.05) is 30.4 Å². The third-order valence-electron chi connectivity index (χ3n) is 11.1. The highest BCUT2D eigenvalue weighted by molar-refractivity contribution is 7.91. The molecule has 1 aromatic rings. The van der Waals surface area contributed by atoms with Crippen LogP contribution in [0, 0.1) is 11.8 Å². The van der Waals surface area contributed by atoms with Crippen LogP contribution in [0.4, 0.5) is 4.79 Å². The van der Waals surface area contributed by atoms with Gasteiger partial charge in [0.25, 0.3) is 5.91 Å². The van der Waals surface area contributed by atoms with Crippen LogP contribution in [-0.2, 0) is 50.5 Å². The quantitative estimate of drug-likeness (QED) is 0.287. The van der Waals surface area contributed by atoms with Crippen molar-refractivity contribution in [3.8, 4) is 0 Å². The van der Waals surface area contributed by atoms with Crippen LogP contribution in [0.5, 0.6) is 0 Å². The Kier molecular flexibility index (Phi) is 10.8. The molecule has 3 aliphatic carbocycles. The Balaban J connectivity index is 1.26. The molecule has 0 bridgehead atoms. The second-order valence-electron chi connectivity index (χ2n) is 17.2. The number of alkyl carbamates (subject to hydrolysis) is 1. The molecule has 6 rings (SSSR count). The lowest BCUT2D eigenvalue weighted by Crippen LogP contribution is -2.58. The summed E-state index contributed by atoms with van der Waals surface area (Å²) in [6.45, 7) is 9.26. The average Bonchev–Trinajstić information content (AvgIpc) is 3.99. The van der Waals surface area contributed by atoms with Crippen molar-refractivity contribution in [3.63, 3.8) is 0 Å². The van der Waals surface area contributed by atoms with Gasteiger partial charge >= 0.3 is 12.1 Å². The first-order valence-electron chi connectivity index (χ1n) is 19.0. The summed E-state index contributed by atoms with van der Waals surface area (Å²) in [6.07, 6.45) is 7.48. The number of nitrogens with zero attached hydrogens (tertiary/aromatic N) is 1. The Morgan fingerprint density at radius 1 is 1.00 bits per heavy atom. The average molecular weight is 755 g/mol. The van der Waals surface area contributed by atoms with Crippen LogP contribution in [-0.4, -0.2) is 84.2 Å². The number of hydrogen-bond acceptors (Lipinski definition) is 9. The third kappa shape index (κ3) is 8.90. The molecule has 2 saturated carbocycles. The topological polar surface area (TPSA) is 177 Å². The van der Waals surface area contributed by atoms with E-state index in [-0.39, 0.29) is 24.8 Å². The number of benzene rings is 1. The maximum absolute atomic E-state index is 14.4. The van der Waals surface area contributed by atoms with Crippen LogP contribution in [0.3, 0.4) is 0 Å². The van der Waals surface area contributed by atoms with Gasteiger partial charge < -0.3 is 25.0 Å². The number of sulfonamides is 1. The van der Waals surface area contributed by atoms with Gasteiger partial charge in [-0.1, -0.05) is 63.1 Å². The molecule has 0 radical (unpaired) electrons. The van der Waals surface area contributed by atoms with E-state index < -0.39 is 86.2 Å². The van der Waals surface area contributed by atoms with Gasteiger partial charge in [0, 0.05) is 12.3 Å². The second kappa shape index (κ2) is 14.7. The van der Waals surface area contributed by atoms with Crippen LogP contribution in [0.15, 0.2) is 36.4 Å². The third-order valence-corrected chi connectivity index (χ3v) is 12.9. The number of carbonyl (C=O) groups excluding carboxylic acids is 5. The minimum atomic E-state index is -3.90. The molecule has 6 atom stereocenters. The maximum atomic E-state index is 14.4. The first kappa shape index (κ1) is 38.8. The molecular weight excluding hydrogens is 701 g/mol. The summed E-state index contributed by atoms with van der Waals surface area (Å²) >= 11 is 0. The van der Waals surface area contributed by atoms with Crippen molar-refractivity contribution in [1.82, 2.24) is 20.3 Å². The summed E-state index contributed by atoms with van der Waals surface area (Å²) in [4.78, 5) is 70.4. The molecule has 2 aliphatic heterocycles. The van der Waals surface area contributed by atoms with Gasteiger partial charge in [0.2, 0.25) is 21.8 Å². The van der Waals surface area contributed by atoms with Crippen LogP contribution in [0.1, 0.15) is 110 Å². The fourth-order valence-corrected chi connectivity index (χ4v) is 9.51. The molecule has 2 heterocycles. The number of ether oxygens (including phenoxy) is 2. The van der Waals surface area contributed by atoms with Crippen LogP contribution >= 0.6 is 0 Å². The Hall–Kier alpha value is -3.94. The number of carbonyl (C=O) groups is 5. The predicted molar refractivity (Wildman–Crippen MR) is 196 cm³/mol. The predicted octanol–water partition coefficient (Wildman–Crippen LogP) is 3.94. The normalized spacial score (nSPS) is 30.3. The molecule has 3 N–H and O–H groups in total. The summed E-state index contributed by atoms with van der Waals surface area (Å²) in [5.74, 6) is -3.28. The van der Waals surface area contributed by atoms with E-state index in [1.165, 1.54) is 10.5 Å². The zero-order valence-corrected chi connectivity index (χ0v) is 32.3. The summed E-state index contributed by atoms with van der Waals surface area (Å²) in [6, 6.07) is 5.86. The molecule has 290 valence electrons. The van der Waals surface area contributed by atoms with E-state index in [9.17, 15) is 32.4 Å². The number of esters is 1. The van der Waals surface area contributed by atoms with Crippen molar-refractivity contribution in [1.29, 1.82) is 0 Å². The van der Waals surface area contributed by atoms with E-state index in [2.05, 4.69) is 35.3 Å². The number of rotatable bonds is 6. The highest BCUT2D eigenvalue weighted by Crippen LogP contribution is 2.46. The minimum absolute atomic E-state index is 0.0340. The highest BCUT2D eigenvalue weighted by atomic mass is 32.2.